The van der Waals surface area contributed by atoms with Crippen molar-refractivity contribution in [3.05, 3.63) is 77.5 Å². The topological polar surface area (TPSA) is 90.3 Å². The van der Waals surface area contributed by atoms with Crippen LogP contribution in [0.25, 0.3) is 16.9 Å². The highest BCUT2D eigenvalue weighted by molar-refractivity contribution is 5.77. The van der Waals surface area contributed by atoms with Crippen molar-refractivity contribution in [3.63, 3.8) is 0 Å². The van der Waals surface area contributed by atoms with Crippen LogP contribution in [0.3, 0.4) is 0 Å². The predicted molar refractivity (Wildman–Crippen MR) is 142 cm³/mol. The molecule has 9 heteroatoms. The van der Waals surface area contributed by atoms with Crippen molar-refractivity contribution in [2.24, 2.45) is 0 Å². The van der Waals surface area contributed by atoms with Gasteiger partial charge in [0.2, 0.25) is 12.5 Å². The van der Waals surface area contributed by atoms with Crippen LogP contribution < -0.4 is 23.7 Å². The van der Waals surface area contributed by atoms with Gasteiger partial charge in [0, 0.05) is 36.1 Å². The zero-order chi connectivity index (χ0) is 27.1. The van der Waals surface area contributed by atoms with E-state index in [0.717, 1.165) is 33.6 Å². The Bertz CT molecular complexity index is 1520. The van der Waals surface area contributed by atoms with E-state index in [0.29, 0.717) is 28.7 Å². The van der Waals surface area contributed by atoms with Gasteiger partial charge in [-0.15, -0.1) is 0 Å². The van der Waals surface area contributed by atoms with E-state index in [1.807, 2.05) is 65.5 Å². The maximum atomic E-state index is 12.0. The number of carbonyl (C=O) groups excluding carboxylic acids is 1. The van der Waals surface area contributed by atoms with Crippen LogP contribution in [-0.2, 0) is 9.53 Å². The molecule has 200 valence electrons. The summed E-state index contributed by atoms with van der Waals surface area (Å²) in [6.07, 6.45) is 2.01. The van der Waals surface area contributed by atoms with Gasteiger partial charge < -0.3 is 28.4 Å². The number of benzene rings is 3. The standard InChI is InChI=1S/C30H28N2O7/c1-17(33)37-15-23-22-14-32(19-8-6-5-7-9-19)31-29(22)21-13-25-24(38-16-39-25)12-20(21)28(23)18-10-26(34-2)30(36-4)27(11-18)35-3/h5-14,23,28H,15-16H2,1-4H3/t23-,28+/m0/s1. The van der Waals surface area contributed by atoms with Crippen LogP contribution in [0, 0.1) is 0 Å². The largest absolute Gasteiger partial charge is 0.493 e. The van der Waals surface area contributed by atoms with Gasteiger partial charge >= 0.3 is 5.97 Å². The Morgan fingerprint density at radius 1 is 0.949 bits per heavy atom. The molecule has 4 aromatic rings. The number of rotatable bonds is 7. The third-order valence-corrected chi connectivity index (χ3v) is 7.21. The number of hydrogen-bond acceptors (Lipinski definition) is 8. The van der Waals surface area contributed by atoms with E-state index >= 15 is 0 Å². The fourth-order valence-electron chi connectivity index (χ4n) is 5.48. The van der Waals surface area contributed by atoms with Crippen molar-refractivity contribution < 1.29 is 33.2 Å². The number of fused-ring (bicyclic) bond motifs is 4. The van der Waals surface area contributed by atoms with E-state index < -0.39 is 0 Å². The lowest BCUT2D eigenvalue weighted by Crippen LogP contribution is -2.23. The quantitative estimate of drug-likeness (QED) is 0.307. The molecule has 2 atom stereocenters. The Morgan fingerprint density at radius 2 is 1.64 bits per heavy atom. The molecule has 0 unspecified atom stereocenters. The molecule has 0 N–H and O–H groups in total. The van der Waals surface area contributed by atoms with Crippen molar-refractivity contribution in [1.29, 1.82) is 0 Å². The van der Waals surface area contributed by atoms with Gasteiger partial charge in [-0.3, -0.25) is 4.79 Å². The summed E-state index contributed by atoms with van der Waals surface area (Å²) in [4.78, 5) is 12.0. The van der Waals surface area contributed by atoms with Gasteiger partial charge in [-0.05, 0) is 47.5 Å². The molecule has 0 amide bonds. The summed E-state index contributed by atoms with van der Waals surface area (Å²) in [5.74, 6) is 2.00. The fourth-order valence-corrected chi connectivity index (χ4v) is 5.48. The highest BCUT2D eigenvalue weighted by atomic mass is 16.7. The second-order valence-corrected chi connectivity index (χ2v) is 9.35. The predicted octanol–water partition coefficient (Wildman–Crippen LogP) is 5.09. The van der Waals surface area contributed by atoms with E-state index in [2.05, 4.69) is 0 Å². The van der Waals surface area contributed by atoms with E-state index in [1.165, 1.54) is 6.92 Å². The normalized spacial score (nSPS) is 16.7. The zero-order valence-corrected chi connectivity index (χ0v) is 22.1. The molecule has 0 spiro atoms. The first kappa shape index (κ1) is 24.7. The molecule has 0 radical (unpaired) electrons. The lowest BCUT2D eigenvalue weighted by atomic mass is 9.71. The molecule has 0 fully saturated rings. The first-order valence-corrected chi connectivity index (χ1v) is 12.5. The summed E-state index contributed by atoms with van der Waals surface area (Å²) in [6, 6.07) is 17.7. The van der Waals surface area contributed by atoms with Gasteiger partial charge in [0.15, 0.2) is 23.0 Å². The molecule has 6 rings (SSSR count). The molecular formula is C30H28N2O7. The van der Waals surface area contributed by atoms with Crippen LogP contribution in [0.1, 0.15) is 35.4 Å². The Hall–Kier alpha value is -4.66. The summed E-state index contributed by atoms with van der Waals surface area (Å²) in [6.45, 7) is 1.71. The van der Waals surface area contributed by atoms with Crippen LogP contribution in [0.5, 0.6) is 28.7 Å². The molecule has 39 heavy (non-hydrogen) atoms. The average molecular weight is 529 g/mol. The second-order valence-electron chi connectivity index (χ2n) is 9.35. The Labute approximate surface area is 225 Å². The van der Waals surface area contributed by atoms with Crippen LogP contribution in [-0.4, -0.2) is 50.5 Å². The third kappa shape index (κ3) is 4.20. The molecule has 1 aliphatic heterocycles. The first-order chi connectivity index (χ1) is 19.0. The van der Waals surface area contributed by atoms with Crippen molar-refractivity contribution in [1.82, 2.24) is 9.78 Å². The van der Waals surface area contributed by atoms with Crippen LogP contribution in [0.15, 0.2) is 60.8 Å². The van der Waals surface area contributed by atoms with E-state index in [4.69, 9.17) is 33.5 Å². The number of methoxy groups -OCH3 is 3. The summed E-state index contributed by atoms with van der Waals surface area (Å²) in [7, 11) is 4.75. The van der Waals surface area contributed by atoms with Gasteiger partial charge in [-0.2, -0.15) is 5.10 Å². The second kappa shape index (κ2) is 9.90. The Morgan fingerprint density at radius 3 is 2.28 bits per heavy atom. The highest BCUT2D eigenvalue weighted by Gasteiger charge is 2.40. The summed E-state index contributed by atoms with van der Waals surface area (Å²) in [5.41, 5.74) is 5.46. The monoisotopic (exact) mass is 528 g/mol. The molecule has 0 bridgehead atoms. The minimum Gasteiger partial charge on any atom is -0.493 e. The van der Waals surface area contributed by atoms with Crippen LogP contribution in [0.4, 0.5) is 0 Å². The van der Waals surface area contributed by atoms with Gasteiger partial charge in [-0.25, -0.2) is 4.68 Å². The molecular weight excluding hydrogens is 500 g/mol. The van der Waals surface area contributed by atoms with Crippen LogP contribution >= 0.6 is 0 Å². The lowest BCUT2D eigenvalue weighted by Gasteiger charge is -2.34. The number of aromatic nitrogens is 2. The van der Waals surface area contributed by atoms with Gasteiger partial charge in [0.05, 0.1) is 39.3 Å². The van der Waals surface area contributed by atoms with E-state index in [1.54, 1.807) is 21.3 Å². The summed E-state index contributed by atoms with van der Waals surface area (Å²) < 4.78 is 36.0. The van der Waals surface area contributed by atoms with Gasteiger partial charge in [0.1, 0.15) is 0 Å². The Balaban J connectivity index is 1.61. The summed E-state index contributed by atoms with van der Waals surface area (Å²) >= 11 is 0. The number of esters is 1. The molecule has 9 nitrogen and oxygen atoms in total. The van der Waals surface area contributed by atoms with E-state index in [9.17, 15) is 4.79 Å². The van der Waals surface area contributed by atoms with Crippen molar-refractivity contribution in [2.75, 3.05) is 34.7 Å². The first-order valence-electron chi connectivity index (χ1n) is 12.5. The van der Waals surface area contributed by atoms with Crippen LogP contribution in [0.2, 0.25) is 0 Å². The highest BCUT2D eigenvalue weighted by Crippen LogP contribution is 2.54. The van der Waals surface area contributed by atoms with Crippen molar-refractivity contribution >= 4 is 5.97 Å². The smallest absolute Gasteiger partial charge is 0.302 e. The van der Waals surface area contributed by atoms with Crippen molar-refractivity contribution in [3.8, 4) is 45.7 Å². The maximum Gasteiger partial charge on any atom is 0.302 e. The number of nitrogens with zero attached hydrogens (tertiary/aromatic N) is 2. The molecule has 2 aliphatic rings. The number of para-hydroxylation sites is 1. The zero-order valence-electron chi connectivity index (χ0n) is 22.1. The maximum absolute atomic E-state index is 12.0. The van der Waals surface area contributed by atoms with Gasteiger partial charge in [0.25, 0.3) is 0 Å². The average Bonchev–Trinajstić information content (AvgIpc) is 3.61. The lowest BCUT2D eigenvalue weighted by molar-refractivity contribution is -0.141. The number of ether oxygens (including phenoxy) is 6. The molecule has 1 aromatic heterocycles. The summed E-state index contributed by atoms with van der Waals surface area (Å²) in [5, 5.41) is 5.00. The number of carbonyl (C=O) groups is 1. The van der Waals surface area contributed by atoms with E-state index in [-0.39, 0.29) is 31.2 Å². The molecule has 0 saturated carbocycles. The van der Waals surface area contributed by atoms with Crippen molar-refractivity contribution in [2.45, 2.75) is 18.8 Å². The van der Waals surface area contributed by atoms with Gasteiger partial charge in [-0.1, -0.05) is 18.2 Å². The minimum atomic E-state index is -0.355. The molecule has 2 heterocycles. The Kier molecular flexibility index (Phi) is 6.26. The minimum absolute atomic E-state index is 0.148. The molecule has 1 aliphatic carbocycles. The molecule has 3 aromatic carbocycles. The third-order valence-electron chi connectivity index (χ3n) is 7.21. The molecule has 0 saturated heterocycles. The fraction of sp³-hybridized carbons (Fsp3) is 0.267. The SMILES string of the molecule is COc1cc([C@@H]2c3cc4c(cc3-c3nn(-c5ccccc5)cc3[C@@H]2COC(C)=O)OCO4)cc(OC)c1OC. The number of hydrogen-bond donors (Lipinski definition) is 0.